The van der Waals surface area contributed by atoms with E-state index < -0.39 is 0 Å². The summed E-state index contributed by atoms with van der Waals surface area (Å²) in [6, 6.07) is 1.98. The fourth-order valence-electron chi connectivity index (χ4n) is 2.11. The van der Waals surface area contributed by atoms with Gasteiger partial charge in [0.05, 0.1) is 6.61 Å². The van der Waals surface area contributed by atoms with Crippen LogP contribution in [-0.2, 0) is 4.74 Å². The molecule has 1 saturated heterocycles. The van der Waals surface area contributed by atoms with E-state index in [0.717, 1.165) is 44.2 Å². The highest BCUT2D eigenvalue weighted by Gasteiger charge is 2.13. The van der Waals surface area contributed by atoms with Crippen LogP contribution in [0.3, 0.4) is 0 Å². The summed E-state index contributed by atoms with van der Waals surface area (Å²) >= 11 is 0. The molecule has 18 heavy (non-hydrogen) atoms. The first-order valence-electron chi connectivity index (χ1n) is 6.69. The van der Waals surface area contributed by atoms with Crippen molar-refractivity contribution in [3.8, 4) is 0 Å². The maximum absolute atomic E-state index is 5.47. The van der Waals surface area contributed by atoms with E-state index in [1.54, 1.807) is 0 Å². The van der Waals surface area contributed by atoms with Crippen LogP contribution in [0.1, 0.15) is 25.5 Å². The number of nitrogens with one attached hydrogen (secondary N) is 2. The number of aromatic nitrogens is 2. The molecule has 100 valence electrons. The van der Waals surface area contributed by atoms with E-state index in [9.17, 15) is 0 Å². The number of hydrogen-bond acceptors (Lipinski definition) is 5. The molecule has 0 saturated carbocycles. The average Bonchev–Trinajstić information content (AvgIpc) is 2.37. The molecule has 0 radical (unpaired) electrons. The molecule has 1 fully saturated rings. The van der Waals surface area contributed by atoms with E-state index in [1.165, 1.54) is 6.42 Å². The van der Waals surface area contributed by atoms with E-state index in [0.29, 0.717) is 11.9 Å². The van der Waals surface area contributed by atoms with Gasteiger partial charge in [0.1, 0.15) is 5.82 Å². The Kier molecular flexibility index (Phi) is 4.75. The van der Waals surface area contributed by atoms with Crippen LogP contribution in [0.2, 0.25) is 0 Å². The lowest BCUT2D eigenvalue weighted by atomic mass is 10.0. The van der Waals surface area contributed by atoms with E-state index in [1.807, 2.05) is 19.9 Å². The van der Waals surface area contributed by atoms with Gasteiger partial charge in [0.15, 0.2) is 0 Å². The molecular formula is C13H22N4O. The highest BCUT2D eigenvalue weighted by Crippen LogP contribution is 2.15. The van der Waals surface area contributed by atoms with Crippen molar-refractivity contribution in [1.82, 2.24) is 9.97 Å². The minimum absolute atomic E-state index is 0.594. The topological polar surface area (TPSA) is 59.1 Å². The molecule has 2 rings (SSSR count). The summed E-state index contributed by atoms with van der Waals surface area (Å²) in [6.45, 7) is 7.54. The first-order chi connectivity index (χ1) is 8.78. The maximum Gasteiger partial charge on any atom is 0.224 e. The fourth-order valence-corrected chi connectivity index (χ4v) is 2.11. The number of aryl methyl sites for hydroxylation is 1. The number of rotatable bonds is 5. The van der Waals surface area contributed by atoms with Crippen LogP contribution in [0.5, 0.6) is 0 Å². The minimum atomic E-state index is 0.594. The molecule has 1 aliphatic rings. The van der Waals surface area contributed by atoms with Gasteiger partial charge in [0.2, 0.25) is 5.95 Å². The summed E-state index contributed by atoms with van der Waals surface area (Å²) < 4.78 is 5.47. The zero-order valence-corrected chi connectivity index (χ0v) is 11.2. The molecule has 0 spiro atoms. The summed E-state index contributed by atoms with van der Waals surface area (Å²) in [5.74, 6) is 2.18. The molecule has 5 nitrogen and oxygen atoms in total. The quantitative estimate of drug-likeness (QED) is 0.837. The summed E-state index contributed by atoms with van der Waals surface area (Å²) in [7, 11) is 0. The van der Waals surface area contributed by atoms with Crippen molar-refractivity contribution in [1.29, 1.82) is 0 Å². The van der Waals surface area contributed by atoms with Crippen molar-refractivity contribution in [2.24, 2.45) is 5.92 Å². The van der Waals surface area contributed by atoms with Crippen molar-refractivity contribution >= 4 is 11.8 Å². The predicted octanol–water partition coefficient (Wildman–Crippen LogP) is 2.06. The van der Waals surface area contributed by atoms with Crippen molar-refractivity contribution in [3.63, 3.8) is 0 Å². The molecule has 1 aliphatic heterocycles. The normalized spacial score (nSPS) is 19.6. The third-order valence-corrected chi connectivity index (χ3v) is 3.02. The third-order valence-electron chi connectivity index (χ3n) is 3.02. The largest absolute Gasteiger partial charge is 0.381 e. The monoisotopic (exact) mass is 250 g/mol. The van der Waals surface area contributed by atoms with E-state index in [4.69, 9.17) is 4.74 Å². The second kappa shape index (κ2) is 6.54. The summed E-state index contributed by atoms with van der Waals surface area (Å²) in [5, 5.41) is 6.52. The predicted molar refractivity (Wildman–Crippen MR) is 73.0 cm³/mol. The standard InChI is InChI=1S/C13H22N4O/c1-3-14-13-16-10(2)7-12(17-13)15-8-11-5-4-6-18-9-11/h7,11H,3-6,8-9H2,1-2H3,(H2,14,15,16,17). The van der Waals surface area contributed by atoms with Gasteiger partial charge in [-0.2, -0.15) is 4.98 Å². The average molecular weight is 250 g/mol. The molecule has 0 aromatic carbocycles. The van der Waals surface area contributed by atoms with Crippen LogP contribution in [0, 0.1) is 12.8 Å². The molecule has 2 heterocycles. The van der Waals surface area contributed by atoms with Gasteiger partial charge < -0.3 is 15.4 Å². The van der Waals surface area contributed by atoms with E-state index >= 15 is 0 Å². The Morgan fingerprint density at radius 2 is 2.28 bits per heavy atom. The second-order valence-electron chi connectivity index (χ2n) is 4.71. The van der Waals surface area contributed by atoms with Crippen molar-refractivity contribution in [2.45, 2.75) is 26.7 Å². The smallest absolute Gasteiger partial charge is 0.224 e. The first-order valence-corrected chi connectivity index (χ1v) is 6.69. The Labute approximate surface area is 108 Å². The molecule has 5 heteroatoms. The van der Waals surface area contributed by atoms with Gasteiger partial charge in [-0.25, -0.2) is 4.98 Å². The van der Waals surface area contributed by atoms with Crippen LogP contribution in [0.25, 0.3) is 0 Å². The van der Waals surface area contributed by atoms with Crippen molar-refractivity contribution < 1.29 is 4.74 Å². The number of anilines is 2. The molecule has 0 aliphatic carbocycles. The van der Waals surface area contributed by atoms with Gasteiger partial charge in [-0.1, -0.05) is 0 Å². The van der Waals surface area contributed by atoms with Gasteiger partial charge in [-0.05, 0) is 32.6 Å². The SMILES string of the molecule is CCNc1nc(C)cc(NCC2CCCOC2)n1. The maximum atomic E-state index is 5.47. The molecule has 1 unspecified atom stereocenters. The van der Waals surface area contributed by atoms with Crippen LogP contribution < -0.4 is 10.6 Å². The minimum Gasteiger partial charge on any atom is -0.381 e. The Bertz CT molecular complexity index is 377. The molecule has 0 bridgehead atoms. The van der Waals surface area contributed by atoms with Gasteiger partial charge in [0, 0.05) is 31.5 Å². The summed E-state index contributed by atoms with van der Waals surface area (Å²) in [6.07, 6.45) is 2.40. The third kappa shape index (κ3) is 3.84. The molecule has 1 atom stereocenters. The van der Waals surface area contributed by atoms with Crippen LogP contribution in [-0.4, -0.2) is 36.3 Å². The molecule has 1 aromatic heterocycles. The highest BCUT2D eigenvalue weighted by atomic mass is 16.5. The fraction of sp³-hybridized carbons (Fsp3) is 0.692. The zero-order valence-electron chi connectivity index (χ0n) is 11.2. The Morgan fingerprint density at radius 1 is 1.39 bits per heavy atom. The van der Waals surface area contributed by atoms with Crippen LogP contribution in [0.4, 0.5) is 11.8 Å². The van der Waals surface area contributed by atoms with Gasteiger partial charge in [-0.3, -0.25) is 0 Å². The number of nitrogens with zero attached hydrogens (tertiary/aromatic N) is 2. The van der Waals surface area contributed by atoms with E-state index in [2.05, 4.69) is 20.6 Å². The lowest BCUT2D eigenvalue weighted by Gasteiger charge is -2.22. The second-order valence-corrected chi connectivity index (χ2v) is 4.71. The molecule has 2 N–H and O–H groups in total. The summed E-state index contributed by atoms with van der Waals surface area (Å²) in [5.41, 5.74) is 0.975. The van der Waals surface area contributed by atoms with Crippen LogP contribution >= 0.6 is 0 Å². The highest BCUT2D eigenvalue weighted by molar-refractivity contribution is 5.42. The van der Waals surface area contributed by atoms with Crippen LogP contribution in [0.15, 0.2) is 6.07 Å². The van der Waals surface area contributed by atoms with Gasteiger partial charge in [0.25, 0.3) is 0 Å². The Morgan fingerprint density at radius 3 is 3.00 bits per heavy atom. The van der Waals surface area contributed by atoms with E-state index in [-0.39, 0.29) is 0 Å². The lowest BCUT2D eigenvalue weighted by Crippen LogP contribution is -2.24. The zero-order chi connectivity index (χ0) is 12.8. The molecule has 0 amide bonds. The summed E-state index contributed by atoms with van der Waals surface area (Å²) in [4.78, 5) is 8.76. The molecule has 1 aromatic rings. The first kappa shape index (κ1) is 13.1. The van der Waals surface area contributed by atoms with Gasteiger partial charge in [-0.15, -0.1) is 0 Å². The lowest BCUT2D eigenvalue weighted by molar-refractivity contribution is 0.0595. The Hall–Kier alpha value is -1.36. The molecular weight excluding hydrogens is 228 g/mol. The van der Waals surface area contributed by atoms with Crippen molar-refractivity contribution in [3.05, 3.63) is 11.8 Å². The van der Waals surface area contributed by atoms with Crippen molar-refractivity contribution in [2.75, 3.05) is 36.9 Å². The Balaban J connectivity index is 1.91. The number of ether oxygens (including phenoxy) is 1. The van der Waals surface area contributed by atoms with Gasteiger partial charge >= 0.3 is 0 Å². The number of hydrogen-bond donors (Lipinski definition) is 2.